The Morgan fingerprint density at radius 1 is 1.52 bits per heavy atom. The quantitative estimate of drug-likeness (QED) is 0.866. The molecule has 1 atom stereocenters. The largest absolute Gasteiger partial charge is 0.361 e. The molecule has 21 heavy (non-hydrogen) atoms. The van der Waals surface area contributed by atoms with Crippen LogP contribution < -0.4 is 0 Å². The number of aryl methyl sites for hydroxylation is 2. The highest BCUT2D eigenvalue weighted by Gasteiger charge is 2.30. The van der Waals surface area contributed by atoms with Gasteiger partial charge in [0.1, 0.15) is 5.76 Å². The van der Waals surface area contributed by atoms with Crippen molar-refractivity contribution < 1.29 is 9.32 Å². The first-order valence-corrected chi connectivity index (χ1v) is 8.29. The Labute approximate surface area is 128 Å². The zero-order valence-electron chi connectivity index (χ0n) is 12.5. The molecule has 1 saturated heterocycles. The van der Waals surface area contributed by atoms with E-state index in [2.05, 4.69) is 22.7 Å². The van der Waals surface area contributed by atoms with Crippen molar-refractivity contribution in [3.05, 3.63) is 39.4 Å². The molecule has 0 spiro atoms. The molecule has 0 bridgehead atoms. The number of rotatable bonds is 4. The van der Waals surface area contributed by atoms with Crippen LogP contribution in [0.25, 0.3) is 0 Å². The number of hydrogen-bond acceptors (Lipinski definition) is 4. The molecule has 0 N–H and O–H groups in total. The van der Waals surface area contributed by atoms with E-state index in [1.807, 2.05) is 18.7 Å². The lowest BCUT2D eigenvalue weighted by Crippen LogP contribution is -2.30. The van der Waals surface area contributed by atoms with Crippen LogP contribution in [-0.4, -0.2) is 22.5 Å². The first-order valence-electron chi connectivity index (χ1n) is 7.41. The molecule has 1 fully saturated rings. The van der Waals surface area contributed by atoms with Crippen molar-refractivity contribution in [3.8, 4) is 0 Å². The van der Waals surface area contributed by atoms with E-state index < -0.39 is 0 Å². The molecule has 3 heterocycles. The van der Waals surface area contributed by atoms with Crippen molar-refractivity contribution in [2.24, 2.45) is 0 Å². The Morgan fingerprint density at radius 3 is 3.05 bits per heavy atom. The highest BCUT2D eigenvalue weighted by atomic mass is 32.1. The molecule has 5 heteroatoms. The smallest absolute Gasteiger partial charge is 0.223 e. The van der Waals surface area contributed by atoms with E-state index in [0.29, 0.717) is 12.8 Å². The summed E-state index contributed by atoms with van der Waals surface area (Å²) in [5, 5.41) is 6.03. The molecule has 2 aromatic heterocycles. The normalized spacial score (nSPS) is 18.4. The maximum absolute atomic E-state index is 12.5. The van der Waals surface area contributed by atoms with Crippen LogP contribution >= 0.6 is 11.3 Å². The number of carbonyl (C=O) groups is 1. The first kappa shape index (κ1) is 14.3. The number of likely N-dealkylation sites (tertiary alicyclic amines) is 1. The summed E-state index contributed by atoms with van der Waals surface area (Å²) in [5.41, 5.74) is 1.98. The van der Waals surface area contributed by atoms with Crippen LogP contribution in [0.2, 0.25) is 0 Å². The zero-order valence-corrected chi connectivity index (χ0v) is 13.3. The number of amides is 1. The second-order valence-corrected chi connectivity index (χ2v) is 6.54. The molecule has 4 nitrogen and oxygen atoms in total. The number of carbonyl (C=O) groups excluding carboxylic acids is 1. The highest BCUT2D eigenvalue weighted by Crippen LogP contribution is 2.35. The Hall–Kier alpha value is -1.62. The fourth-order valence-electron chi connectivity index (χ4n) is 3.08. The standard InChI is InChI=1S/C16H20N2O2S/c1-11-13(12(2)20-17-11)7-8-16(19)18-9-3-5-14(18)15-6-4-10-21-15/h4,6,10,14H,3,5,7-9H2,1-2H3/t14-/m1/s1. The van der Waals surface area contributed by atoms with Crippen LogP contribution in [0, 0.1) is 13.8 Å². The third-order valence-electron chi connectivity index (χ3n) is 4.21. The van der Waals surface area contributed by atoms with Gasteiger partial charge in [0, 0.05) is 23.4 Å². The van der Waals surface area contributed by atoms with Crippen LogP contribution in [0.4, 0.5) is 0 Å². The van der Waals surface area contributed by atoms with E-state index in [9.17, 15) is 4.79 Å². The molecular weight excluding hydrogens is 284 g/mol. The molecule has 0 unspecified atom stereocenters. The van der Waals surface area contributed by atoms with Crippen molar-refractivity contribution in [2.45, 2.75) is 45.6 Å². The molecule has 112 valence electrons. The average molecular weight is 304 g/mol. The Kier molecular flexibility index (Phi) is 4.10. The Morgan fingerprint density at radius 2 is 2.38 bits per heavy atom. The van der Waals surface area contributed by atoms with Gasteiger partial charge < -0.3 is 9.42 Å². The summed E-state index contributed by atoms with van der Waals surface area (Å²) in [6, 6.07) is 4.47. The molecular formula is C16H20N2O2S. The van der Waals surface area contributed by atoms with Gasteiger partial charge in [-0.25, -0.2) is 0 Å². The number of nitrogens with zero attached hydrogens (tertiary/aromatic N) is 2. The van der Waals surface area contributed by atoms with Crippen molar-refractivity contribution in [1.29, 1.82) is 0 Å². The van der Waals surface area contributed by atoms with Crippen molar-refractivity contribution in [2.75, 3.05) is 6.54 Å². The summed E-state index contributed by atoms with van der Waals surface area (Å²) < 4.78 is 5.16. The average Bonchev–Trinajstić information content (AvgIpc) is 3.18. The van der Waals surface area contributed by atoms with Crippen LogP contribution in [0.15, 0.2) is 22.0 Å². The second-order valence-electron chi connectivity index (χ2n) is 5.56. The van der Waals surface area contributed by atoms with Gasteiger partial charge in [-0.3, -0.25) is 4.79 Å². The fourth-order valence-corrected chi connectivity index (χ4v) is 3.95. The summed E-state index contributed by atoms with van der Waals surface area (Å²) in [5.74, 6) is 1.07. The lowest BCUT2D eigenvalue weighted by Gasteiger charge is -2.24. The van der Waals surface area contributed by atoms with Gasteiger partial charge in [-0.1, -0.05) is 11.2 Å². The van der Waals surface area contributed by atoms with Gasteiger partial charge in [0.25, 0.3) is 0 Å². The number of thiophene rings is 1. The van der Waals surface area contributed by atoms with E-state index in [4.69, 9.17) is 4.52 Å². The first-order chi connectivity index (χ1) is 10.2. The van der Waals surface area contributed by atoms with Crippen molar-refractivity contribution >= 4 is 17.2 Å². The van der Waals surface area contributed by atoms with E-state index in [1.165, 1.54) is 4.88 Å². The minimum absolute atomic E-state index is 0.242. The summed E-state index contributed by atoms with van der Waals surface area (Å²) in [6.45, 7) is 4.72. The van der Waals surface area contributed by atoms with Gasteiger partial charge in [0.2, 0.25) is 5.91 Å². The molecule has 1 aliphatic heterocycles. The number of hydrogen-bond donors (Lipinski definition) is 0. The summed E-state index contributed by atoms with van der Waals surface area (Å²) in [7, 11) is 0. The van der Waals surface area contributed by atoms with Gasteiger partial charge in [-0.15, -0.1) is 11.3 Å². The van der Waals surface area contributed by atoms with Crippen LogP contribution in [0.5, 0.6) is 0 Å². The minimum atomic E-state index is 0.242. The monoisotopic (exact) mass is 304 g/mol. The molecule has 3 rings (SSSR count). The molecule has 0 aromatic carbocycles. The van der Waals surface area contributed by atoms with Crippen molar-refractivity contribution in [1.82, 2.24) is 10.1 Å². The Balaban J connectivity index is 1.65. The molecule has 1 amide bonds. The van der Waals surface area contributed by atoms with E-state index in [-0.39, 0.29) is 11.9 Å². The lowest BCUT2D eigenvalue weighted by atomic mass is 10.1. The van der Waals surface area contributed by atoms with Crippen LogP contribution in [0.1, 0.15) is 47.2 Å². The van der Waals surface area contributed by atoms with Gasteiger partial charge in [0.15, 0.2) is 0 Å². The van der Waals surface area contributed by atoms with E-state index in [1.54, 1.807) is 11.3 Å². The third kappa shape index (κ3) is 2.88. The highest BCUT2D eigenvalue weighted by molar-refractivity contribution is 7.10. The van der Waals surface area contributed by atoms with Gasteiger partial charge in [-0.2, -0.15) is 0 Å². The van der Waals surface area contributed by atoms with E-state index >= 15 is 0 Å². The lowest BCUT2D eigenvalue weighted by molar-refractivity contribution is -0.132. The summed E-state index contributed by atoms with van der Waals surface area (Å²) in [4.78, 5) is 15.9. The molecule has 0 saturated carbocycles. The summed E-state index contributed by atoms with van der Waals surface area (Å²) in [6.07, 6.45) is 3.43. The molecule has 0 aliphatic carbocycles. The fraction of sp³-hybridized carbons (Fsp3) is 0.500. The van der Waals surface area contributed by atoms with Crippen LogP contribution in [-0.2, 0) is 11.2 Å². The van der Waals surface area contributed by atoms with Crippen molar-refractivity contribution in [3.63, 3.8) is 0 Å². The number of aromatic nitrogens is 1. The van der Waals surface area contributed by atoms with Gasteiger partial charge >= 0.3 is 0 Å². The Bertz CT molecular complexity index is 599. The SMILES string of the molecule is Cc1noc(C)c1CCC(=O)N1CCC[C@@H]1c1cccs1. The van der Waals surface area contributed by atoms with Crippen LogP contribution in [0.3, 0.4) is 0 Å². The van der Waals surface area contributed by atoms with Gasteiger partial charge in [-0.05, 0) is 44.6 Å². The predicted octanol–water partition coefficient (Wildman–Crippen LogP) is 3.65. The zero-order chi connectivity index (χ0) is 14.8. The second kappa shape index (κ2) is 6.02. The topological polar surface area (TPSA) is 46.3 Å². The molecule has 1 aliphatic rings. The third-order valence-corrected chi connectivity index (χ3v) is 5.19. The molecule has 2 aromatic rings. The van der Waals surface area contributed by atoms with Gasteiger partial charge in [0.05, 0.1) is 11.7 Å². The molecule has 0 radical (unpaired) electrons. The maximum atomic E-state index is 12.5. The van der Waals surface area contributed by atoms with E-state index in [0.717, 1.165) is 36.4 Å². The predicted molar refractivity (Wildman–Crippen MR) is 82.3 cm³/mol. The minimum Gasteiger partial charge on any atom is -0.361 e. The summed E-state index contributed by atoms with van der Waals surface area (Å²) >= 11 is 1.74. The maximum Gasteiger partial charge on any atom is 0.223 e.